The lowest BCUT2D eigenvalue weighted by Gasteiger charge is -2.23. The molecule has 8 N–H and O–H groups in total. The highest BCUT2D eigenvalue weighted by atomic mass is 16.4. The monoisotopic (exact) mass is 324 g/mol. The lowest BCUT2D eigenvalue weighted by Crippen LogP contribution is -2.36. The number of carboxylic acid groups (broad SMARTS) is 4. The number of carboxylic acids is 4. The average molecular weight is 324 g/mol. The maximum Gasteiger partial charge on any atom is 0.311 e. The molecule has 0 aliphatic carbocycles. The molecule has 128 valence electrons. The van der Waals surface area contributed by atoms with Crippen molar-refractivity contribution in [2.45, 2.75) is 13.3 Å². The topological polar surface area (TPSA) is 212 Å². The van der Waals surface area contributed by atoms with Crippen LogP contribution in [0.2, 0.25) is 0 Å². The van der Waals surface area contributed by atoms with Gasteiger partial charge in [-0.2, -0.15) is 0 Å². The molecular formula is C12H20O10. The molecule has 0 aromatic rings. The Morgan fingerprint density at radius 3 is 1.50 bits per heavy atom. The molecule has 0 rings (SSSR count). The maximum absolute atomic E-state index is 11.1. The molecule has 4 unspecified atom stereocenters. The van der Waals surface area contributed by atoms with Crippen LogP contribution in [0.25, 0.3) is 0 Å². The number of rotatable bonds is 9. The van der Waals surface area contributed by atoms with E-state index in [2.05, 4.69) is 6.58 Å². The van der Waals surface area contributed by atoms with Crippen LogP contribution in [-0.2, 0) is 19.2 Å². The summed E-state index contributed by atoms with van der Waals surface area (Å²) in [6.45, 7) is 4.34. The Hall–Kier alpha value is -2.46. The highest BCUT2D eigenvalue weighted by molar-refractivity contribution is 5.83. The Morgan fingerprint density at radius 2 is 1.27 bits per heavy atom. The molecule has 0 amide bonds. The number of aliphatic carboxylic acids is 4. The largest absolute Gasteiger partial charge is 0.481 e. The molecular weight excluding hydrogens is 304 g/mol. The predicted molar refractivity (Wildman–Crippen MR) is 72.2 cm³/mol. The van der Waals surface area contributed by atoms with Gasteiger partial charge in [-0.05, 0) is 6.42 Å². The van der Waals surface area contributed by atoms with Crippen LogP contribution < -0.4 is 0 Å². The second-order valence-electron chi connectivity index (χ2n) is 4.35. The minimum atomic E-state index is -1.56. The lowest BCUT2D eigenvalue weighted by molar-refractivity contribution is -0.158. The van der Waals surface area contributed by atoms with E-state index in [-0.39, 0.29) is 11.0 Å². The van der Waals surface area contributed by atoms with E-state index < -0.39 is 54.0 Å². The van der Waals surface area contributed by atoms with E-state index >= 15 is 0 Å². The van der Waals surface area contributed by atoms with Gasteiger partial charge in [0.1, 0.15) is 0 Å². The van der Waals surface area contributed by atoms with Crippen molar-refractivity contribution in [2.75, 3.05) is 0 Å². The number of hydrogen-bond donors (Lipinski definition) is 4. The van der Waals surface area contributed by atoms with Gasteiger partial charge in [-0.15, -0.1) is 6.58 Å². The van der Waals surface area contributed by atoms with Gasteiger partial charge < -0.3 is 31.4 Å². The van der Waals surface area contributed by atoms with E-state index in [1.54, 1.807) is 0 Å². The quantitative estimate of drug-likeness (QED) is 0.374. The van der Waals surface area contributed by atoms with Gasteiger partial charge in [0.05, 0.1) is 23.7 Å². The fourth-order valence-corrected chi connectivity index (χ4v) is 1.80. The molecule has 0 saturated heterocycles. The van der Waals surface area contributed by atoms with E-state index in [0.29, 0.717) is 0 Å². The van der Waals surface area contributed by atoms with Crippen LogP contribution in [0.5, 0.6) is 0 Å². The van der Waals surface area contributed by atoms with Gasteiger partial charge in [0.25, 0.3) is 0 Å². The van der Waals surface area contributed by atoms with Gasteiger partial charge >= 0.3 is 23.9 Å². The molecule has 0 aromatic heterocycles. The summed E-state index contributed by atoms with van der Waals surface area (Å²) < 4.78 is 0. The summed E-state index contributed by atoms with van der Waals surface area (Å²) in [6.07, 6.45) is 0.284. The molecule has 0 spiro atoms. The van der Waals surface area contributed by atoms with Gasteiger partial charge in [-0.1, -0.05) is 13.0 Å². The Kier molecular flexibility index (Phi) is 11.5. The van der Waals surface area contributed by atoms with Crippen molar-refractivity contribution in [2.24, 2.45) is 23.7 Å². The summed E-state index contributed by atoms with van der Waals surface area (Å²) in [7, 11) is 0. The van der Waals surface area contributed by atoms with Crippen LogP contribution >= 0.6 is 0 Å². The van der Waals surface area contributed by atoms with E-state index in [1.807, 2.05) is 0 Å². The van der Waals surface area contributed by atoms with Crippen LogP contribution in [0.1, 0.15) is 13.3 Å². The SMILES string of the molecule is C=CC(C(=O)O)C(CC(C(=O)O)C(C)C(=O)O)C(=O)O.O.O. The Morgan fingerprint density at radius 1 is 0.864 bits per heavy atom. The van der Waals surface area contributed by atoms with Crippen molar-refractivity contribution in [3.63, 3.8) is 0 Å². The second kappa shape index (κ2) is 10.3. The summed E-state index contributed by atoms with van der Waals surface area (Å²) >= 11 is 0. The molecule has 0 saturated carbocycles. The summed E-state index contributed by atoms with van der Waals surface area (Å²) in [4.78, 5) is 43.9. The smallest absolute Gasteiger partial charge is 0.311 e. The first-order valence-corrected chi connectivity index (χ1v) is 5.67. The predicted octanol–water partition coefficient (Wildman–Crippen LogP) is -1.26. The zero-order valence-electron chi connectivity index (χ0n) is 11.7. The molecule has 4 atom stereocenters. The first kappa shape index (κ1) is 24.6. The van der Waals surface area contributed by atoms with E-state index in [1.165, 1.54) is 0 Å². The zero-order chi connectivity index (χ0) is 16.0. The summed E-state index contributed by atoms with van der Waals surface area (Å²) in [5.41, 5.74) is 0. The van der Waals surface area contributed by atoms with Crippen LogP contribution in [0.4, 0.5) is 0 Å². The standard InChI is InChI=1S/C12H16O8.2H2O/c1-3-6(10(15)16)8(12(19)20)4-7(11(17)18)5(2)9(13)14;;/h3,5-8H,1,4H2,2H3,(H,13,14)(H,15,16)(H,17,18)(H,19,20);2*1H2. The van der Waals surface area contributed by atoms with E-state index in [9.17, 15) is 19.2 Å². The molecule has 0 bridgehead atoms. The third kappa shape index (κ3) is 6.33. The van der Waals surface area contributed by atoms with Crippen molar-refractivity contribution in [1.82, 2.24) is 0 Å². The number of hydrogen-bond acceptors (Lipinski definition) is 4. The highest BCUT2D eigenvalue weighted by Crippen LogP contribution is 2.27. The normalized spacial score (nSPS) is 15.0. The molecule has 0 aromatic carbocycles. The zero-order valence-corrected chi connectivity index (χ0v) is 11.7. The van der Waals surface area contributed by atoms with Crippen LogP contribution in [0.15, 0.2) is 12.7 Å². The fraction of sp³-hybridized carbons (Fsp3) is 0.500. The summed E-state index contributed by atoms with van der Waals surface area (Å²) in [5.74, 6) is -11.8. The van der Waals surface area contributed by atoms with Crippen LogP contribution in [0.3, 0.4) is 0 Å². The van der Waals surface area contributed by atoms with E-state index in [4.69, 9.17) is 20.4 Å². The molecule has 0 fully saturated rings. The molecule has 0 heterocycles. The first-order valence-electron chi connectivity index (χ1n) is 5.67. The first-order chi connectivity index (χ1) is 9.13. The Balaban J connectivity index is -0.00000180. The molecule has 0 radical (unpaired) electrons. The maximum atomic E-state index is 11.1. The van der Waals surface area contributed by atoms with Crippen molar-refractivity contribution < 1.29 is 50.6 Å². The molecule has 10 nitrogen and oxygen atoms in total. The van der Waals surface area contributed by atoms with Crippen molar-refractivity contribution >= 4 is 23.9 Å². The summed E-state index contributed by atoms with van der Waals surface area (Å²) in [5, 5.41) is 35.7. The molecule has 0 aliphatic heterocycles. The molecule has 22 heavy (non-hydrogen) atoms. The van der Waals surface area contributed by atoms with Gasteiger partial charge in [0.2, 0.25) is 0 Å². The minimum absolute atomic E-state index is 0. The van der Waals surface area contributed by atoms with Gasteiger partial charge in [0, 0.05) is 0 Å². The van der Waals surface area contributed by atoms with Gasteiger partial charge in [-0.25, -0.2) is 0 Å². The van der Waals surface area contributed by atoms with E-state index in [0.717, 1.165) is 13.0 Å². The van der Waals surface area contributed by atoms with Crippen LogP contribution in [0, 0.1) is 23.7 Å². The van der Waals surface area contributed by atoms with Crippen molar-refractivity contribution in [3.05, 3.63) is 12.7 Å². The van der Waals surface area contributed by atoms with Crippen molar-refractivity contribution in [1.29, 1.82) is 0 Å². The Labute approximate surface area is 125 Å². The summed E-state index contributed by atoms with van der Waals surface area (Å²) in [6, 6.07) is 0. The third-order valence-corrected chi connectivity index (χ3v) is 3.11. The van der Waals surface area contributed by atoms with Gasteiger partial charge in [0.15, 0.2) is 0 Å². The average Bonchev–Trinajstić information content (AvgIpc) is 2.31. The minimum Gasteiger partial charge on any atom is -0.481 e. The second-order valence-corrected chi connectivity index (χ2v) is 4.35. The van der Waals surface area contributed by atoms with Gasteiger partial charge in [-0.3, -0.25) is 19.2 Å². The highest BCUT2D eigenvalue weighted by Gasteiger charge is 2.39. The third-order valence-electron chi connectivity index (χ3n) is 3.11. The lowest BCUT2D eigenvalue weighted by atomic mass is 9.79. The number of carbonyl (C=O) groups is 4. The molecule has 0 aliphatic rings. The van der Waals surface area contributed by atoms with Crippen molar-refractivity contribution in [3.8, 4) is 0 Å². The van der Waals surface area contributed by atoms with Crippen LogP contribution in [-0.4, -0.2) is 55.3 Å². The molecule has 10 heteroatoms. The fourth-order valence-electron chi connectivity index (χ4n) is 1.80. The Bertz CT molecular complexity index is 430.